The van der Waals surface area contributed by atoms with E-state index in [2.05, 4.69) is 20.6 Å². The second-order valence-electron chi connectivity index (χ2n) is 6.15. The number of nitro benzene ring substituents is 1. The molecule has 1 aromatic heterocycles. The predicted molar refractivity (Wildman–Crippen MR) is 106 cm³/mol. The van der Waals surface area contributed by atoms with E-state index in [9.17, 15) is 19.7 Å². The van der Waals surface area contributed by atoms with Crippen LogP contribution >= 0.6 is 0 Å². The molecule has 146 valence electrons. The number of amides is 2. The van der Waals surface area contributed by atoms with Gasteiger partial charge in [0.05, 0.1) is 23.0 Å². The van der Waals surface area contributed by atoms with E-state index < -0.39 is 22.8 Å². The maximum Gasteiger partial charge on any atom is 0.270 e. The first-order chi connectivity index (χ1) is 13.9. The molecular weight excluding hydrogens is 374 g/mol. The summed E-state index contributed by atoms with van der Waals surface area (Å²) in [5.74, 6) is -0.539. The molecule has 0 radical (unpaired) electrons. The maximum absolute atomic E-state index is 12.3. The summed E-state index contributed by atoms with van der Waals surface area (Å²) < 4.78 is 0. The first-order valence-corrected chi connectivity index (χ1v) is 8.67. The third-order valence-electron chi connectivity index (χ3n) is 4.01. The first-order valence-electron chi connectivity index (χ1n) is 8.67. The number of nitro groups is 1. The zero-order valence-electron chi connectivity index (χ0n) is 15.4. The molecule has 29 heavy (non-hydrogen) atoms. The summed E-state index contributed by atoms with van der Waals surface area (Å²) >= 11 is 0. The quantitative estimate of drug-likeness (QED) is 0.491. The number of carbonyl (C=O) groups is 2. The fourth-order valence-corrected chi connectivity index (χ4v) is 2.49. The Hall–Kier alpha value is -4.14. The van der Waals surface area contributed by atoms with Crippen LogP contribution in [-0.2, 0) is 4.79 Å². The highest BCUT2D eigenvalue weighted by molar-refractivity contribution is 6.01. The number of benzene rings is 2. The topological polar surface area (TPSA) is 127 Å². The summed E-state index contributed by atoms with van der Waals surface area (Å²) in [6, 6.07) is 13.8. The zero-order chi connectivity index (χ0) is 20.8. The highest BCUT2D eigenvalue weighted by Crippen LogP contribution is 2.15. The monoisotopic (exact) mass is 391 g/mol. The number of aromatic nitrogens is 2. The molecule has 0 fully saturated rings. The van der Waals surface area contributed by atoms with Gasteiger partial charge < -0.3 is 10.6 Å². The SMILES string of the molecule is CC(NC(=O)c1cccc([N+](=O)[O-])c1)C(=O)Nc1cnc(-c2ccccc2)nc1. The van der Waals surface area contributed by atoms with Crippen LogP contribution in [0, 0.1) is 10.1 Å². The lowest BCUT2D eigenvalue weighted by Crippen LogP contribution is -2.41. The lowest BCUT2D eigenvalue weighted by Gasteiger charge is -2.14. The van der Waals surface area contributed by atoms with E-state index in [-0.39, 0.29) is 11.3 Å². The summed E-state index contributed by atoms with van der Waals surface area (Å²) in [4.78, 5) is 43.2. The van der Waals surface area contributed by atoms with E-state index >= 15 is 0 Å². The van der Waals surface area contributed by atoms with Gasteiger partial charge in [-0.25, -0.2) is 9.97 Å². The smallest absolute Gasteiger partial charge is 0.270 e. The summed E-state index contributed by atoms with van der Waals surface area (Å²) in [5, 5.41) is 15.9. The number of hydrogen-bond acceptors (Lipinski definition) is 6. The molecule has 9 heteroatoms. The van der Waals surface area contributed by atoms with Gasteiger partial charge in [0.2, 0.25) is 5.91 Å². The Kier molecular flexibility index (Phi) is 5.88. The number of nitrogens with zero attached hydrogens (tertiary/aromatic N) is 3. The number of nitrogens with one attached hydrogen (secondary N) is 2. The molecule has 1 heterocycles. The van der Waals surface area contributed by atoms with Crippen LogP contribution in [0.2, 0.25) is 0 Å². The van der Waals surface area contributed by atoms with E-state index in [1.54, 1.807) is 0 Å². The third kappa shape index (κ3) is 4.98. The zero-order valence-corrected chi connectivity index (χ0v) is 15.4. The van der Waals surface area contributed by atoms with Crippen molar-refractivity contribution in [1.29, 1.82) is 0 Å². The summed E-state index contributed by atoms with van der Waals surface area (Å²) in [6.07, 6.45) is 2.95. The summed E-state index contributed by atoms with van der Waals surface area (Å²) in [7, 11) is 0. The minimum absolute atomic E-state index is 0.0920. The molecule has 1 atom stereocenters. The van der Waals surface area contributed by atoms with Crippen molar-refractivity contribution >= 4 is 23.2 Å². The molecule has 2 aromatic carbocycles. The van der Waals surface area contributed by atoms with Gasteiger partial charge in [0, 0.05) is 23.3 Å². The second-order valence-corrected chi connectivity index (χ2v) is 6.15. The number of hydrogen-bond donors (Lipinski definition) is 2. The largest absolute Gasteiger partial charge is 0.341 e. The molecule has 0 aliphatic heterocycles. The van der Waals surface area contributed by atoms with E-state index in [0.29, 0.717) is 11.5 Å². The average molecular weight is 391 g/mol. The highest BCUT2D eigenvalue weighted by Gasteiger charge is 2.18. The average Bonchev–Trinajstić information content (AvgIpc) is 2.75. The van der Waals surface area contributed by atoms with Crippen LogP contribution in [-0.4, -0.2) is 32.7 Å². The van der Waals surface area contributed by atoms with Crippen molar-refractivity contribution in [3.63, 3.8) is 0 Å². The molecule has 9 nitrogen and oxygen atoms in total. The predicted octanol–water partition coefficient (Wildman–Crippen LogP) is 2.81. The normalized spacial score (nSPS) is 11.3. The Balaban J connectivity index is 1.61. The Labute approximate surface area is 166 Å². The van der Waals surface area contributed by atoms with Gasteiger partial charge in [-0.15, -0.1) is 0 Å². The van der Waals surface area contributed by atoms with Crippen LogP contribution in [0.25, 0.3) is 11.4 Å². The van der Waals surface area contributed by atoms with E-state index in [1.807, 2.05) is 30.3 Å². The molecule has 0 spiro atoms. The van der Waals surface area contributed by atoms with Crippen LogP contribution in [0.4, 0.5) is 11.4 Å². The van der Waals surface area contributed by atoms with Gasteiger partial charge in [0.15, 0.2) is 5.82 Å². The van der Waals surface area contributed by atoms with E-state index in [1.165, 1.54) is 37.5 Å². The van der Waals surface area contributed by atoms with Crippen molar-refractivity contribution < 1.29 is 14.5 Å². The standard InChI is InChI=1S/C20H17N5O4/c1-13(23-20(27)15-8-5-9-17(10-15)25(28)29)19(26)24-16-11-21-18(22-12-16)14-6-3-2-4-7-14/h2-13H,1H3,(H,23,27)(H,24,26). The lowest BCUT2D eigenvalue weighted by atomic mass is 10.1. The van der Waals surface area contributed by atoms with Gasteiger partial charge in [0.25, 0.3) is 11.6 Å². The number of non-ortho nitro benzene ring substituents is 1. The Bertz CT molecular complexity index is 1040. The molecule has 2 amide bonds. The van der Waals surface area contributed by atoms with Gasteiger partial charge >= 0.3 is 0 Å². The Morgan fingerprint density at radius 1 is 1.03 bits per heavy atom. The minimum Gasteiger partial charge on any atom is -0.341 e. The van der Waals surface area contributed by atoms with E-state index in [0.717, 1.165) is 11.6 Å². The molecule has 0 bridgehead atoms. The summed E-state index contributed by atoms with van der Waals surface area (Å²) in [6.45, 7) is 1.50. The summed E-state index contributed by atoms with van der Waals surface area (Å²) in [5.41, 5.74) is 1.12. The molecule has 2 N–H and O–H groups in total. The van der Waals surface area contributed by atoms with Gasteiger partial charge in [-0.05, 0) is 13.0 Å². The van der Waals surface area contributed by atoms with Crippen LogP contribution in [0.15, 0.2) is 67.0 Å². The van der Waals surface area contributed by atoms with Crippen molar-refractivity contribution in [3.8, 4) is 11.4 Å². The maximum atomic E-state index is 12.3. The fraction of sp³-hybridized carbons (Fsp3) is 0.100. The molecule has 0 saturated heterocycles. The van der Waals surface area contributed by atoms with Crippen molar-refractivity contribution in [1.82, 2.24) is 15.3 Å². The number of rotatable bonds is 6. The molecule has 3 rings (SSSR count). The van der Waals surface area contributed by atoms with E-state index in [4.69, 9.17) is 0 Å². The van der Waals surface area contributed by atoms with Crippen molar-refractivity contribution in [2.75, 3.05) is 5.32 Å². The molecule has 0 aliphatic carbocycles. The fourth-order valence-electron chi connectivity index (χ4n) is 2.49. The van der Waals surface area contributed by atoms with Gasteiger partial charge in [-0.3, -0.25) is 19.7 Å². The van der Waals surface area contributed by atoms with Crippen molar-refractivity contribution in [3.05, 3.63) is 82.7 Å². The highest BCUT2D eigenvalue weighted by atomic mass is 16.6. The Morgan fingerprint density at radius 2 is 1.72 bits per heavy atom. The van der Waals surface area contributed by atoms with Gasteiger partial charge in [0.1, 0.15) is 6.04 Å². The minimum atomic E-state index is -0.879. The molecular formula is C20H17N5O4. The van der Waals surface area contributed by atoms with Crippen LogP contribution < -0.4 is 10.6 Å². The van der Waals surface area contributed by atoms with Crippen molar-refractivity contribution in [2.45, 2.75) is 13.0 Å². The lowest BCUT2D eigenvalue weighted by molar-refractivity contribution is -0.384. The van der Waals surface area contributed by atoms with Crippen LogP contribution in [0.1, 0.15) is 17.3 Å². The number of carbonyl (C=O) groups excluding carboxylic acids is 2. The second kappa shape index (κ2) is 8.70. The first kappa shape index (κ1) is 19.6. The van der Waals surface area contributed by atoms with Crippen LogP contribution in [0.3, 0.4) is 0 Å². The van der Waals surface area contributed by atoms with Crippen molar-refractivity contribution in [2.24, 2.45) is 0 Å². The molecule has 3 aromatic rings. The van der Waals surface area contributed by atoms with Gasteiger partial charge in [-0.2, -0.15) is 0 Å². The third-order valence-corrected chi connectivity index (χ3v) is 4.01. The van der Waals surface area contributed by atoms with Crippen LogP contribution in [0.5, 0.6) is 0 Å². The number of anilines is 1. The Morgan fingerprint density at radius 3 is 2.38 bits per heavy atom. The molecule has 0 aliphatic rings. The molecule has 1 unspecified atom stereocenters. The van der Waals surface area contributed by atoms with Gasteiger partial charge in [-0.1, -0.05) is 36.4 Å². The molecule has 0 saturated carbocycles.